The van der Waals surface area contributed by atoms with Gasteiger partial charge in [-0.25, -0.2) is 0 Å². The van der Waals surface area contributed by atoms with Gasteiger partial charge >= 0.3 is 0 Å². The van der Waals surface area contributed by atoms with Gasteiger partial charge in [-0.05, 0) is 27.7 Å². The molecule has 6 heteroatoms. The van der Waals surface area contributed by atoms with Crippen LogP contribution in [0, 0.1) is 5.92 Å². The lowest BCUT2D eigenvalue weighted by Gasteiger charge is -2.18. The quantitative estimate of drug-likeness (QED) is 0.317. The number of allylic oxidation sites excluding steroid dienone is 2. The highest BCUT2D eigenvalue weighted by Crippen LogP contribution is 2.19. The van der Waals surface area contributed by atoms with E-state index in [9.17, 15) is 14.7 Å². The number of Topliss-reactive ketones (excluding diaryl/α,β-unsaturated/α-hetero) is 2. The van der Waals surface area contributed by atoms with Gasteiger partial charge in [-0.1, -0.05) is 0 Å². The molecule has 0 radical (unpaired) electrons. The zero-order valence-corrected chi connectivity index (χ0v) is 12.9. The third-order valence-electron chi connectivity index (χ3n) is 2.90. The summed E-state index contributed by atoms with van der Waals surface area (Å²) in [6.07, 6.45) is -0.516. The van der Waals surface area contributed by atoms with Gasteiger partial charge in [0.1, 0.15) is 5.78 Å². The van der Waals surface area contributed by atoms with Crippen molar-refractivity contribution in [1.82, 2.24) is 0 Å². The first-order valence-corrected chi connectivity index (χ1v) is 6.23. The molecule has 0 heterocycles. The molecule has 1 unspecified atom stereocenters. The first-order valence-electron chi connectivity index (χ1n) is 6.23. The van der Waals surface area contributed by atoms with Gasteiger partial charge in [0.25, 0.3) is 0 Å². The van der Waals surface area contributed by atoms with E-state index in [1.54, 1.807) is 6.92 Å². The van der Waals surface area contributed by atoms with Crippen LogP contribution < -0.4 is 0 Å². The highest BCUT2D eigenvalue weighted by Gasteiger charge is 2.27. The van der Waals surface area contributed by atoms with Crippen LogP contribution in [0.4, 0.5) is 0 Å². The average Bonchev–Trinajstić information content (AvgIpc) is 2.35. The van der Waals surface area contributed by atoms with E-state index in [0.717, 1.165) is 0 Å². The Kier molecular flexibility index (Phi) is 7.94. The Hall–Kier alpha value is -1.53. The molecule has 114 valence electrons. The van der Waals surface area contributed by atoms with E-state index in [2.05, 4.69) is 4.99 Å². The topological polar surface area (TPSA) is 85.2 Å². The van der Waals surface area contributed by atoms with Crippen molar-refractivity contribution < 1.29 is 24.2 Å². The zero-order chi connectivity index (χ0) is 15.9. The lowest BCUT2D eigenvalue weighted by atomic mass is 9.88. The monoisotopic (exact) mass is 285 g/mol. The van der Waals surface area contributed by atoms with Gasteiger partial charge in [-0.3, -0.25) is 14.6 Å². The average molecular weight is 285 g/mol. The van der Waals surface area contributed by atoms with Crippen LogP contribution in [0.15, 0.2) is 16.3 Å². The molecule has 0 aromatic carbocycles. The minimum Gasteiger partial charge on any atom is -0.512 e. The van der Waals surface area contributed by atoms with Crippen LogP contribution in [0.3, 0.4) is 0 Å². The van der Waals surface area contributed by atoms with Crippen molar-refractivity contribution in [1.29, 1.82) is 0 Å². The minimum absolute atomic E-state index is 0.0742. The lowest BCUT2D eigenvalue weighted by molar-refractivity contribution is -0.121. The van der Waals surface area contributed by atoms with Gasteiger partial charge in [0, 0.05) is 25.5 Å². The fraction of sp³-hybridized carbons (Fsp3) is 0.643. The van der Waals surface area contributed by atoms with Crippen molar-refractivity contribution in [3.63, 3.8) is 0 Å². The number of methoxy groups -OCH3 is 2. The number of ketones is 2. The molecule has 0 saturated heterocycles. The number of aliphatic imine (C=N–C) groups is 1. The number of aliphatic hydroxyl groups excluding tert-OH is 1. The maximum absolute atomic E-state index is 11.8. The van der Waals surface area contributed by atoms with Crippen LogP contribution in [0.5, 0.6) is 0 Å². The van der Waals surface area contributed by atoms with Gasteiger partial charge in [0.05, 0.1) is 18.2 Å². The molecule has 0 aromatic rings. The Labute approximate surface area is 119 Å². The van der Waals surface area contributed by atoms with E-state index < -0.39 is 12.2 Å². The van der Waals surface area contributed by atoms with Gasteiger partial charge in [-0.2, -0.15) is 0 Å². The van der Waals surface area contributed by atoms with Gasteiger partial charge in [0.15, 0.2) is 12.1 Å². The summed E-state index contributed by atoms with van der Waals surface area (Å²) in [7, 11) is 2.97. The summed E-state index contributed by atoms with van der Waals surface area (Å²) in [6.45, 7) is 5.90. The molecule has 0 aliphatic carbocycles. The number of hydrogen-bond donors (Lipinski definition) is 1. The third kappa shape index (κ3) is 5.22. The van der Waals surface area contributed by atoms with Crippen molar-refractivity contribution in [3.8, 4) is 0 Å². The van der Waals surface area contributed by atoms with Crippen LogP contribution in [0.25, 0.3) is 0 Å². The maximum atomic E-state index is 11.8. The van der Waals surface area contributed by atoms with Crippen LogP contribution >= 0.6 is 0 Å². The van der Waals surface area contributed by atoms with E-state index in [4.69, 9.17) is 9.47 Å². The Balaban J connectivity index is 5.39. The summed E-state index contributed by atoms with van der Waals surface area (Å²) in [6, 6.07) is 0. The van der Waals surface area contributed by atoms with Gasteiger partial charge in [0.2, 0.25) is 0 Å². The molecule has 1 N–H and O–H groups in total. The normalized spacial score (nSPS) is 15.1. The zero-order valence-electron chi connectivity index (χ0n) is 12.9. The molecule has 20 heavy (non-hydrogen) atoms. The van der Waals surface area contributed by atoms with E-state index in [0.29, 0.717) is 5.71 Å². The number of rotatable bonds is 8. The van der Waals surface area contributed by atoms with Crippen LogP contribution in [0.1, 0.15) is 27.7 Å². The van der Waals surface area contributed by atoms with Crippen molar-refractivity contribution in [3.05, 3.63) is 11.3 Å². The van der Waals surface area contributed by atoms with Crippen LogP contribution in [0.2, 0.25) is 0 Å². The number of hydrogen-bond acceptors (Lipinski definition) is 6. The SMILES string of the molecule is COC(CN=C(C)C(C(C)=O)/C(C(C)=O)=C(\C)O)OC. The van der Waals surface area contributed by atoms with E-state index in [1.807, 2.05) is 0 Å². The van der Waals surface area contributed by atoms with Crippen LogP contribution in [-0.4, -0.2) is 49.4 Å². The van der Waals surface area contributed by atoms with E-state index in [-0.39, 0.29) is 29.4 Å². The summed E-state index contributed by atoms with van der Waals surface area (Å²) in [5, 5.41) is 9.62. The predicted octanol–water partition coefficient (Wildman–Crippen LogP) is 1.69. The fourth-order valence-electron chi connectivity index (χ4n) is 1.93. The third-order valence-corrected chi connectivity index (χ3v) is 2.90. The number of aliphatic hydroxyl groups is 1. The lowest BCUT2D eigenvalue weighted by Crippen LogP contribution is -2.28. The number of carbonyl (C=O) groups excluding carboxylic acids is 2. The number of carbonyl (C=O) groups is 2. The van der Waals surface area contributed by atoms with Crippen molar-refractivity contribution in [2.45, 2.75) is 34.0 Å². The van der Waals surface area contributed by atoms with E-state index in [1.165, 1.54) is 35.0 Å². The molecule has 0 spiro atoms. The first kappa shape index (κ1) is 18.5. The Bertz CT molecular complexity index is 417. The molecular weight excluding hydrogens is 262 g/mol. The van der Waals surface area contributed by atoms with Gasteiger partial charge in [-0.15, -0.1) is 0 Å². The van der Waals surface area contributed by atoms with Crippen LogP contribution in [-0.2, 0) is 19.1 Å². The second-order valence-electron chi connectivity index (χ2n) is 4.48. The Morgan fingerprint density at radius 1 is 1.10 bits per heavy atom. The first-order chi connectivity index (χ1) is 9.26. The summed E-state index contributed by atoms with van der Waals surface area (Å²) in [5.74, 6) is -1.61. The minimum atomic E-state index is -0.841. The molecule has 0 rings (SSSR count). The largest absolute Gasteiger partial charge is 0.512 e. The molecular formula is C14H23NO5. The molecule has 1 atom stereocenters. The molecule has 0 fully saturated rings. The Morgan fingerprint density at radius 3 is 1.90 bits per heavy atom. The summed E-state index contributed by atoms with van der Waals surface area (Å²) < 4.78 is 10.0. The molecule has 0 aliphatic heterocycles. The fourth-order valence-corrected chi connectivity index (χ4v) is 1.93. The highest BCUT2D eigenvalue weighted by atomic mass is 16.7. The molecule has 0 saturated carbocycles. The molecule has 0 aromatic heterocycles. The second kappa shape index (κ2) is 8.60. The maximum Gasteiger partial charge on any atom is 0.176 e. The standard InChI is InChI=1S/C14H23NO5/c1-8(15-7-12(19-5)20-6)13(9(2)16)14(10(3)17)11(4)18/h12-13,17H,7H2,1-6H3/b14-10+,15-8?. The number of ether oxygens (including phenoxy) is 2. The number of nitrogens with zero attached hydrogens (tertiary/aromatic N) is 1. The van der Waals surface area contributed by atoms with Crippen molar-refractivity contribution in [2.75, 3.05) is 20.8 Å². The molecule has 0 amide bonds. The smallest absolute Gasteiger partial charge is 0.176 e. The van der Waals surface area contributed by atoms with Crippen molar-refractivity contribution >= 4 is 17.3 Å². The molecule has 0 bridgehead atoms. The highest BCUT2D eigenvalue weighted by molar-refractivity contribution is 6.13. The summed E-state index contributed by atoms with van der Waals surface area (Å²) in [4.78, 5) is 27.6. The molecule has 0 aliphatic rings. The van der Waals surface area contributed by atoms with E-state index >= 15 is 0 Å². The molecule has 6 nitrogen and oxygen atoms in total. The summed E-state index contributed by atoms with van der Waals surface area (Å²) in [5.41, 5.74) is 0.514. The van der Waals surface area contributed by atoms with Gasteiger partial charge < -0.3 is 14.6 Å². The van der Waals surface area contributed by atoms with Crippen molar-refractivity contribution in [2.24, 2.45) is 10.9 Å². The Morgan fingerprint density at radius 2 is 1.60 bits per heavy atom. The second-order valence-corrected chi connectivity index (χ2v) is 4.48. The predicted molar refractivity (Wildman–Crippen MR) is 76.0 cm³/mol. The summed E-state index contributed by atoms with van der Waals surface area (Å²) >= 11 is 0.